The fraction of sp³-hybridized carbons (Fsp3) is 0.100. The summed E-state index contributed by atoms with van der Waals surface area (Å²) in [5.41, 5.74) is 0.486. The minimum atomic E-state index is -0.532. The van der Waals surface area contributed by atoms with E-state index in [0.717, 1.165) is 6.07 Å². The standard InChI is InChI=1S/C10H7FN4S/c1-16-10(14-6-13)15-9-3-7(5-12)2-8(11)4-9/h2-4H,1H3,(H,14,15). The van der Waals surface area contributed by atoms with Gasteiger partial charge in [-0.1, -0.05) is 11.8 Å². The summed E-state index contributed by atoms with van der Waals surface area (Å²) in [6.07, 6.45) is 3.45. The van der Waals surface area contributed by atoms with Crippen LogP contribution in [0.25, 0.3) is 0 Å². The molecule has 0 fully saturated rings. The van der Waals surface area contributed by atoms with Crippen LogP contribution < -0.4 is 5.32 Å². The van der Waals surface area contributed by atoms with E-state index in [-0.39, 0.29) is 5.56 Å². The van der Waals surface area contributed by atoms with Crippen molar-refractivity contribution in [3.63, 3.8) is 0 Å². The Morgan fingerprint density at radius 3 is 2.75 bits per heavy atom. The van der Waals surface area contributed by atoms with Gasteiger partial charge in [0, 0.05) is 0 Å². The van der Waals surface area contributed by atoms with Gasteiger partial charge in [0.25, 0.3) is 0 Å². The Morgan fingerprint density at radius 1 is 1.44 bits per heavy atom. The molecule has 0 unspecified atom stereocenters. The first-order valence-electron chi connectivity index (χ1n) is 4.18. The summed E-state index contributed by atoms with van der Waals surface area (Å²) in [7, 11) is 0. The molecule has 0 aliphatic heterocycles. The van der Waals surface area contributed by atoms with Gasteiger partial charge in [-0.05, 0) is 24.5 Å². The van der Waals surface area contributed by atoms with Gasteiger partial charge >= 0.3 is 0 Å². The first-order valence-corrected chi connectivity index (χ1v) is 5.40. The SMILES string of the molecule is CSC(=Nc1cc(F)cc(C#N)c1)NC#N. The van der Waals surface area contributed by atoms with E-state index >= 15 is 0 Å². The molecule has 0 saturated carbocycles. The maximum atomic E-state index is 13.0. The highest BCUT2D eigenvalue weighted by Crippen LogP contribution is 2.17. The Balaban J connectivity index is 3.10. The van der Waals surface area contributed by atoms with Crippen molar-refractivity contribution >= 4 is 22.6 Å². The van der Waals surface area contributed by atoms with Crippen LogP contribution in [0, 0.1) is 28.6 Å². The van der Waals surface area contributed by atoms with Gasteiger partial charge in [-0.3, -0.25) is 5.32 Å². The molecule has 1 aromatic carbocycles. The Morgan fingerprint density at radius 2 is 2.19 bits per heavy atom. The van der Waals surface area contributed by atoms with Gasteiger partial charge < -0.3 is 0 Å². The topological polar surface area (TPSA) is 72.0 Å². The highest BCUT2D eigenvalue weighted by atomic mass is 32.2. The minimum Gasteiger partial charge on any atom is -0.271 e. The number of thioether (sulfide) groups is 1. The van der Waals surface area contributed by atoms with Gasteiger partial charge in [-0.25, -0.2) is 9.38 Å². The third-order valence-corrected chi connectivity index (χ3v) is 2.18. The number of nitrogens with zero attached hydrogens (tertiary/aromatic N) is 3. The summed E-state index contributed by atoms with van der Waals surface area (Å²) in [4.78, 5) is 3.99. The van der Waals surface area contributed by atoms with Crippen molar-refractivity contribution in [3.05, 3.63) is 29.6 Å². The predicted molar refractivity (Wildman–Crippen MR) is 60.5 cm³/mol. The number of hydrogen-bond acceptors (Lipinski definition) is 4. The van der Waals surface area contributed by atoms with Crippen molar-refractivity contribution in [3.8, 4) is 12.3 Å². The molecule has 1 N–H and O–H groups in total. The Labute approximate surface area is 96.4 Å². The summed E-state index contributed by atoms with van der Waals surface area (Å²) in [6.45, 7) is 0. The van der Waals surface area contributed by atoms with Gasteiger partial charge in [0.2, 0.25) is 0 Å². The second-order valence-corrected chi connectivity index (χ2v) is 3.46. The maximum absolute atomic E-state index is 13.0. The molecule has 0 saturated heterocycles. The lowest BCUT2D eigenvalue weighted by Crippen LogP contribution is -2.12. The Bertz CT molecular complexity index is 499. The average molecular weight is 234 g/mol. The average Bonchev–Trinajstić information content (AvgIpc) is 2.27. The highest BCUT2D eigenvalue weighted by Gasteiger charge is 2.01. The smallest absolute Gasteiger partial charge is 0.183 e. The van der Waals surface area contributed by atoms with E-state index < -0.39 is 5.82 Å². The van der Waals surface area contributed by atoms with Crippen LogP contribution in [-0.4, -0.2) is 11.4 Å². The number of halogens is 1. The molecule has 0 radical (unpaired) electrons. The largest absolute Gasteiger partial charge is 0.271 e. The number of amidine groups is 1. The zero-order chi connectivity index (χ0) is 12.0. The van der Waals surface area contributed by atoms with Crippen LogP contribution in [0.1, 0.15) is 5.56 Å². The van der Waals surface area contributed by atoms with Crippen LogP contribution in [0.2, 0.25) is 0 Å². The second-order valence-electron chi connectivity index (χ2n) is 2.67. The number of nitriles is 2. The van der Waals surface area contributed by atoms with Crippen LogP contribution in [0.5, 0.6) is 0 Å². The van der Waals surface area contributed by atoms with Gasteiger partial charge in [0.15, 0.2) is 11.4 Å². The van der Waals surface area contributed by atoms with Crippen LogP contribution >= 0.6 is 11.8 Å². The van der Waals surface area contributed by atoms with Crippen molar-refractivity contribution in [1.29, 1.82) is 10.5 Å². The zero-order valence-electron chi connectivity index (χ0n) is 8.36. The zero-order valence-corrected chi connectivity index (χ0v) is 9.18. The van der Waals surface area contributed by atoms with Gasteiger partial charge in [-0.2, -0.15) is 10.5 Å². The fourth-order valence-corrected chi connectivity index (χ4v) is 1.34. The first kappa shape index (κ1) is 12.0. The lowest BCUT2D eigenvalue weighted by atomic mass is 10.2. The molecule has 1 aromatic rings. The molecule has 6 heteroatoms. The van der Waals surface area contributed by atoms with Crippen molar-refractivity contribution < 1.29 is 4.39 Å². The third-order valence-electron chi connectivity index (χ3n) is 1.60. The van der Waals surface area contributed by atoms with E-state index in [2.05, 4.69) is 10.3 Å². The normalized spacial score (nSPS) is 10.4. The lowest BCUT2D eigenvalue weighted by Gasteiger charge is -2.00. The van der Waals surface area contributed by atoms with Crippen molar-refractivity contribution in [2.24, 2.45) is 4.99 Å². The molecule has 0 aliphatic carbocycles. The molecule has 0 aliphatic rings. The molecule has 0 spiro atoms. The minimum absolute atomic E-state index is 0.191. The van der Waals surface area contributed by atoms with E-state index in [1.807, 2.05) is 6.07 Å². The monoisotopic (exact) mass is 234 g/mol. The molecule has 0 atom stereocenters. The van der Waals surface area contributed by atoms with E-state index in [9.17, 15) is 4.39 Å². The number of aliphatic imine (C=N–C) groups is 1. The summed E-state index contributed by atoms with van der Waals surface area (Å²) < 4.78 is 13.0. The molecule has 1 rings (SSSR count). The third kappa shape index (κ3) is 3.26. The molecule has 0 amide bonds. The van der Waals surface area contributed by atoms with E-state index in [1.54, 1.807) is 12.4 Å². The molecule has 4 nitrogen and oxygen atoms in total. The summed E-state index contributed by atoms with van der Waals surface area (Å²) in [5, 5.41) is 19.8. The molecule has 0 heterocycles. The summed E-state index contributed by atoms with van der Waals surface area (Å²) in [6, 6.07) is 5.58. The maximum Gasteiger partial charge on any atom is 0.183 e. The number of benzene rings is 1. The highest BCUT2D eigenvalue weighted by molar-refractivity contribution is 8.13. The van der Waals surface area contributed by atoms with E-state index in [1.165, 1.54) is 23.9 Å². The van der Waals surface area contributed by atoms with E-state index in [0.29, 0.717) is 10.9 Å². The van der Waals surface area contributed by atoms with Gasteiger partial charge in [0.05, 0.1) is 17.3 Å². The lowest BCUT2D eigenvalue weighted by molar-refractivity contribution is 0.627. The number of hydrogen-bond donors (Lipinski definition) is 1. The summed E-state index contributed by atoms with van der Waals surface area (Å²) in [5.74, 6) is -0.532. The summed E-state index contributed by atoms with van der Waals surface area (Å²) >= 11 is 1.22. The van der Waals surface area contributed by atoms with Gasteiger partial charge in [0.1, 0.15) is 5.82 Å². The van der Waals surface area contributed by atoms with Crippen molar-refractivity contribution in [1.82, 2.24) is 5.32 Å². The van der Waals surface area contributed by atoms with Crippen molar-refractivity contribution in [2.75, 3.05) is 6.26 Å². The molecule has 0 aromatic heterocycles. The molecule has 80 valence electrons. The number of rotatable bonds is 1. The molecule has 16 heavy (non-hydrogen) atoms. The molecule has 0 bridgehead atoms. The van der Waals surface area contributed by atoms with Crippen molar-refractivity contribution in [2.45, 2.75) is 0 Å². The molecular weight excluding hydrogens is 227 g/mol. The van der Waals surface area contributed by atoms with Crippen LogP contribution in [0.3, 0.4) is 0 Å². The number of nitrogens with one attached hydrogen (secondary N) is 1. The van der Waals surface area contributed by atoms with Crippen LogP contribution in [0.4, 0.5) is 10.1 Å². The Kier molecular flexibility index (Phi) is 4.31. The van der Waals surface area contributed by atoms with Crippen LogP contribution in [-0.2, 0) is 0 Å². The first-order chi connectivity index (χ1) is 7.69. The fourth-order valence-electron chi connectivity index (χ4n) is 0.993. The van der Waals surface area contributed by atoms with E-state index in [4.69, 9.17) is 10.5 Å². The van der Waals surface area contributed by atoms with Gasteiger partial charge in [-0.15, -0.1) is 0 Å². The van der Waals surface area contributed by atoms with Crippen LogP contribution in [0.15, 0.2) is 23.2 Å². The quantitative estimate of drug-likeness (QED) is 0.349. The Hall–Kier alpha value is -2.05. The predicted octanol–water partition coefficient (Wildman–Crippen LogP) is 2.12. The second kappa shape index (κ2) is 5.74. The molecular formula is C10H7FN4S.